The van der Waals surface area contributed by atoms with Crippen LogP contribution in [0.2, 0.25) is 0 Å². The molecule has 0 bridgehead atoms. The Kier molecular flexibility index (Phi) is 6.26. The number of sulfonamides is 1. The lowest BCUT2D eigenvalue weighted by molar-refractivity contribution is -0.141. The van der Waals surface area contributed by atoms with E-state index in [9.17, 15) is 13.2 Å². The monoisotopic (exact) mass is 446 g/mol. The summed E-state index contributed by atoms with van der Waals surface area (Å²) in [5, 5.41) is 0. The van der Waals surface area contributed by atoms with E-state index in [2.05, 4.69) is 6.58 Å². The Morgan fingerprint density at radius 2 is 1.53 bits per heavy atom. The van der Waals surface area contributed by atoms with Crippen molar-refractivity contribution in [3.8, 4) is 0 Å². The average Bonchev–Trinajstić information content (AvgIpc) is 2.81. The maximum Gasteiger partial charge on any atom is 0.245 e. The van der Waals surface area contributed by atoms with Crippen molar-refractivity contribution in [3.63, 3.8) is 0 Å². The zero-order valence-corrected chi connectivity index (χ0v) is 18.8. The zero-order valence-electron chi connectivity index (χ0n) is 18.0. The molecule has 1 amide bonds. The van der Waals surface area contributed by atoms with Crippen molar-refractivity contribution >= 4 is 15.9 Å². The molecular formula is C26H26N2O3S. The molecule has 0 aromatic heterocycles. The summed E-state index contributed by atoms with van der Waals surface area (Å²) in [5.74, 6) is -0.242. The maximum absolute atomic E-state index is 13.8. The molecule has 1 saturated heterocycles. The van der Waals surface area contributed by atoms with Gasteiger partial charge in [-0.1, -0.05) is 84.4 Å². The molecule has 3 aromatic rings. The highest BCUT2D eigenvalue weighted by Crippen LogP contribution is 2.36. The molecule has 32 heavy (non-hydrogen) atoms. The minimum absolute atomic E-state index is 0.167. The van der Waals surface area contributed by atoms with Crippen LogP contribution in [0.15, 0.2) is 102 Å². The second-order valence-corrected chi connectivity index (χ2v) is 9.81. The minimum Gasteiger partial charge on any atom is -0.335 e. The molecule has 6 heteroatoms. The molecule has 3 aromatic carbocycles. The summed E-state index contributed by atoms with van der Waals surface area (Å²) in [4.78, 5) is 15.6. The lowest BCUT2D eigenvalue weighted by Crippen LogP contribution is -2.58. The molecule has 164 valence electrons. The molecule has 1 heterocycles. The molecule has 0 aliphatic carbocycles. The summed E-state index contributed by atoms with van der Waals surface area (Å²) < 4.78 is 28.9. The fourth-order valence-electron chi connectivity index (χ4n) is 4.07. The number of aryl methyl sites for hydroxylation is 1. The van der Waals surface area contributed by atoms with Gasteiger partial charge in [-0.2, -0.15) is 4.31 Å². The van der Waals surface area contributed by atoms with Gasteiger partial charge < -0.3 is 4.90 Å². The summed E-state index contributed by atoms with van der Waals surface area (Å²) in [6.07, 6.45) is 1.62. The van der Waals surface area contributed by atoms with Gasteiger partial charge in [-0.15, -0.1) is 6.58 Å². The fraction of sp³-hybridized carbons (Fsp3) is 0.192. The Hall–Kier alpha value is -3.22. The van der Waals surface area contributed by atoms with Crippen molar-refractivity contribution in [2.45, 2.75) is 30.4 Å². The fourth-order valence-corrected chi connectivity index (χ4v) is 5.79. The highest BCUT2D eigenvalue weighted by molar-refractivity contribution is 7.89. The van der Waals surface area contributed by atoms with Crippen LogP contribution < -0.4 is 0 Å². The van der Waals surface area contributed by atoms with E-state index in [1.54, 1.807) is 47.4 Å². The van der Waals surface area contributed by atoms with Crippen molar-refractivity contribution in [2.75, 3.05) is 6.54 Å². The van der Waals surface area contributed by atoms with Crippen LogP contribution >= 0.6 is 0 Å². The van der Waals surface area contributed by atoms with Gasteiger partial charge in [0.1, 0.15) is 6.04 Å². The lowest BCUT2D eigenvalue weighted by Gasteiger charge is -2.44. The van der Waals surface area contributed by atoms with Crippen LogP contribution in [0.1, 0.15) is 22.7 Å². The second-order valence-electron chi connectivity index (χ2n) is 7.97. The third-order valence-electron chi connectivity index (χ3n) is 5.73. The normalized spacial score (nSPS) is 19.7. The van der Waals surface area contributed by atoms with Crippen molar-refractivity contribution in [1.29, 1.82) is 0 Å². The number of rotatable bonds is 6. The van der Waals surface area contributed by atoms with Crippen LogP contribution in [0.25, 0.3) is 0 Å². The molecule has 0 N–H and O–H groups in total. The number of benzene rings is 3. The Morgan fingerprint density at radius 3 is 2.12 bits per heavy atom. The van der Waals surface area contributed by atoms with Gasteiger partial charge in [0.15, 0.2) is 0 Å². The highest BCUT2D eigenvalue weighted by atomic mass is 32.2. The SMILES string of the molecule is C=CC1CN(Cc2ccccc2)C(=O)C(c2ccccc2)N1S(=O)(=O)c1ccc(C)cc1. The van der Waals surface area contributed by atoms with Crippen LogP contribution in [0.5, 0.6) is 0 Å². The van der Waals surface area contributed by atoms with E-state index in [1.165, 1.54) is 4.31 Å². The molecule has 4 rings (SSSR count). The van der Waals surface area contributed by atoms with Crippen molar-refractivity contribution in [3.05, 3.63) is 114 Å². The molecule has 1 aliphatic rings. The summed E-state index contributed by atoms with van der Waals surface area (Å²) in [6.45, 7) is 6.46. The molecule has 1 aliphatic heterocycles. The molecule has 0 radical (unpaired) electrons. The number of hydrogen-bond donors (Lipinski definition) is 0. The molecule has 2 atom stereocenters. The predicted octanol–water partition coefficient (Wildman–Crippen LogP) is 4.32. The van der Waals surface area contributed by atoms with Crippen molar-refractivity contribution in [2.24, 2.45) is 0 Å². The van der Waals surface area contributed by atoms with Gasteiger partial charge in [0, 0.05) is 13.1 Å². The van der Waals surface area contributed by atoms with E-state index < -0.39 is 22.1 Å². The Labute approximate surface area is 189 Å². The Morgan fingerprint density at radius 1 is 0.938 bits per heavy atom. The van der Waals surface area contributed by atoms with Crippen LogP contribution in [0.3, 0.4) is 0 Å². The minimum atomic E-state index is -3.95. The Bertz CT molecular complexity index is 1190. The van der Waals surface area contributed by atoms with Gasteiger partial charge in [-0.05, 0) is 30.2 Å². The highest BCUT2D eigenvalue weighted by Gasteiger charge is 2.46. The first-order valence-corrected chi connectivity index (χ1v) is 12.0. The van der Waals surface area contributed by atoms with Crippen molar-refractivity contribution in [1.82, 2.24) is 9.21 Å². The van der Waals surface area contributed by atoms with Crippen LogP contribution in [-0.2, 0) is 21.4 Å². The average molecular weight is 447 g/mol. The van der Waals surface area contributed by atoms with Gasteiger partial charge in [-0.3, -0.25) is 4.79 Å². The van der Waals surface area contributed by atoms with E-state index in [0.29, 0.717) is 12.1 Å². The number of piperazine rings is 1. The number of carbonyl (C=O) groups is 1. The zero-order chi connectivity index (χ0) is 22.7. The lowest BCUT2D eigenvalue weighted by atomic mass is 10.00. The molecule has 1 fully saturated rings. The number of nitrogens with zero attached hydrogens (tertiary/aromatic N) is 2. The van der Waals surface area contributed by atoms with E-state index in [4.69, 9.17) is 0 Å². The smallest absolute Gasteiger partial charge is 0.245 e. The first-order valence-electron chi connectivity index (χ1n) is 10.5. The van der Waals surface area contributed by atoms with Gasteiger partial charge in [-0.25, -0.2) is 8.42 Å². The Balaban J connectivity index is 1.80. The molecular weight excluding hydrogens is 420 g/mol. The topological polar surface area (TPSA) is 57.7 Å². The largest absolute Gasteiger partial charge is 0.335 e. The third-order valence-corrected chi connectivity index (χ3v) is 7.64. The van der Waals surface area contributed by atoms with Gasteiger partial charge in [0.05, 0.1) is 10.9 Å². The van der Waals surface area contributed by atoms with E-state index in [1.807, 2.05) is 55.5 Å². The number of amides is 1. The number of carbonyl (C=O) groups excluding carboxylic acids is 1. The standard InChI is InChI=1S/C26H26N2O3S/c1-3-23-19-27(18-21-10-6-4-7-11-21)26(29)25(22-12-8-5-9-13-22)28(23)32(30,31)24-16-14-20(2)15-17-24/h3-17,23,25H,1,18-19H2,2H3. The van der Waals surface area contributed by atoms with Gasteiger partial charge in [0.2, 0.25) is 15.9 Å². The number of hydrogen-bond acceptors (Lipinski definition) is 3. The summed E-state index contributed by atoms with van der Waals surface area (Å²) >= 11 is 0. The quantitative estimate of drug-likeness (QED) is 0.530. The van der Waals surface area contributed by atoms with E-state index >= 15 is 0 Å². The summed E-state index contributed by atoms with van der Waals surface area (Å²) in [6, 6.07) is 24.0. The van der Waals surface area contributed by atoms with Crippen molar-refractivity contribution < 1.29 is 13.2 Å². The van der Waals surface area contributed by atoms with Crippen LogP contribution in [0.4, 0.5) is 0 Å². The molecule has 2 unspecified atom stereocenters. The van der Waals surface area contributed by atoms with Crippen LogP contribution in [0, 0.1) is 6.92 Å². The molecule has 0 saturated carbocycles. The predicted molar refractivity (Wildman–Crippen MR) is 125 cm³/mol. The molecule has 5 nitrogen and oxygen atoms in total. The van der Waals surface area contributed by atoms with E-state index in [0.717, 1.165) is 11.1 Å². The maximum atomic E-state index is 13.8. The second kappa shape index (κ2) is 9.10. The van der Waals surface area contributed by atoms with Gasteiger partial charge in [0.25, 0.3) is 0 Å². The first kappa shape index (κ1) is 22.0. The molecule has 0 spiro atoms. The summed E-state index contributed by atoms with van der Waals surface area (Å²) in [7, 11) is -3.95. The van der Waals surface area contributed by atoms with Gasteiger partial charge >= 0.3 is 0 Å². The first-order chi connectivity index (χ1) is 15.4. The summed E-state index contributed by atoms with van der Waals surface area (Å²) in [5.41, 5.74) is 2.59. The van der Waals surface area contributed by atoms with E-state index in [-0.39, 0.29) is 17.3 Å². The van der Waals surface area contributed by atoms with Crippen LogP contribution in [-0.4, -0.2) is 36.1 Å². The third kappa shape index (κ3) is 4.24.